The summed E-state index contributed by atoms with van der Waals surface area (Å²) in [6.45, 7) is 1.43. The zero-order chi connectivity index (χ0) is 13.9. The fourth-order valence-electron chi connectivity index (χ4n) is 1.64. The number of carbonyl (C=O) groups is 1. The van der Waals surface area contributed by atoms with Gasteiger partial charge < -0.3 is 20.5 Å². The molecule has 0 aliphatic rings. The molecule has 0 radical (unpaired) electrons. The number of phenols is 1. The molecule has 0 bridgehead atoms. The van der Waals surface area contributed by atoms with Gasteiger partial charge in [0.2, 0.25) is 5.91 Å². The molecule has 98 valence electrons. The normalized spacial score (nSPS) is 11.7. The number of benzene rings is 1. The van der Waals surface area contributed by atoms with Gasteiger partial charge in [-0.25, -0.2) is 0 Å². The Morgan fingerprint density at radius 1 is 1.56 bits per heavy atom. The van der Waals surface area contributed by atoms with Crippen molar-refractivity contribution in [2.24, 2.45) is 5.73 Å². The first-order valence-electron chi connectivity index (χ1n) is 5.28. The second-order valence-corrected chi connectivity index (χ2v) is 4.34. The molecule has 3 N–H and O–H groups in total. The van der Waals surface area contributed by atoms with Gasteiger partial charge in [0.15, 0.2) is 11.5 Å². The lowest BCUT2D eigenvalue weighted by atomic mass is 10.0. The average Bonchev–Trinajstić information content (AvgIpc) is 2.28. The Morgan fingerprint density at radius 3 is 2.56 bits per heavy atom. The molecule has 6 heteroatoms. The Kier molecular flexibility index (Phi) is 4.49. The number of nitrogens with two attached hydrogens (primary N) is 1. The third kappa shape index (κ3) is 2.89. The number of carbonyl (C=O) groups excluding carboxylic acids is 1. The number of methoxy groups -OCH3 is 1. The highest BCUT2D eigenvalue weighted by atomic mass is 32.1. The van der Waals surface area contributed by atoms with Crippen LogP contribution >= 0.6 is 12.2 Å². The topological polar surface area (TPSA) is 75.8 Å². The summed E-state index contributed by atoms with van der Waals surface area (Å²) in [5.74, 6) is 0.169. The van der Waals surface area contributed by atoms with Crippen LogP contribution in [0.4, 0.5) is 0 Å². The van der Waals surface area contributed by atoms with Gasteiger partial charge in [-0.2, -0.15) is 0 Å². The first-order valence-corrected chi connectivity index (χ1v) is 5.69. The summed E-state index contributed by atoms with van der Waals surface area (Å²) in [5.41, 5.74) is 6.29. The number of amides is 1. The molecular formula is C12H16N2O3S. The maximum Gasteiger partial charge on any atom is 0.220 e. The van der Waals surface area contributed by atoms with Crippen molar-refractivity contribution in [3.05, 3.63) is 23.8 Å². The summed E-state index contributed by atoms with van der Waals surface area (Å²) in [7, 11) is 3.06. The molecule has 0 spiro atoms. The van der Waals surface area contributed by atoms with Gasteiger partial charge in [-0.1, -0.05) is 18.3 Å². The number of likely N-dealkylation sites (N-methyl/N-ethyl adjacent to an activating group) is 1. The Morgan fingerprint density at radius 2 is 2.17 bits per heavy atom. The Labute approximate surface area is 111 Å². The van der Waals surface area contributed by atoms with E-state index < -0.39 is 6.04 Å². The summed E-state index contributed by atoms with van der Waals surface area (Å²) >= 11 is 4.97. The van der Waals surface area contributed by atoms with E-state index in [0.717, 1.165) is 0 Å². The van der Waals surface area contributed by atoms with Crippen molar-refractivity contribution < 1.29 is 14.6 Å². The maximum atomic E-state index is 11.4. The summed E-state index contributed by atoms with van der Waals surface area (Å²) in [5, 5.41) is 9.73. The number of thiocarbonyl (C=S) groups is 1. The van der Waals surface area contributed by atoms with Gasteiger partial charge in [-0.3, -0.25) is 4.79 Å². The molecule has 1 unspecified atom stereocenters. The molecule has 0 fully saturated rings. The monoisotopic (exact) mass is 268 g/mol. The fraction of sp³-hybridized carbons (Fsp3) is 0.333. The lowest BCUT2D eigenvalue weighted by molar-refractivity contribution is -0.128. The molecular weight excluding hydrogens is 252 g/mol. The molecule has 0 saturated heterocycles. The van der Waals surface area contributed by atoms with Gasteiger partial charge in [-0.15, -0.1) is 0 Å². The number of phenolic OH excluding ortho intramolecular Hbond substituents is 1. The highest BCUT2D eigenvalue weighted by Crippen LogP contribution is 2.30. The molecule has 5 nitrogen and oxygen atoms in total. The fourth-order valence-corrected chi connectivity index (χ4v) is 1.93. The van der Waals surface area contributed by atoms with Gasteiger partial charge in [0, 0.05) is 14.0 Å². The third-order valence-electron chi connectivity index (χ3n) is 2.67. The van der Waals surface area contributed by atoms with E-state index in [1.165, 1.54) is 25.0 Å². The molecule has 1 aromatic carbocycles. The van der Waals surface area contributed by atoms with Crippen LogP contribution in [-0.2, 0) is 4.79 Å². The van der Waals surface area contributed by atoms with Crippen LogP contribution in [0, 0.1) is 0 Å². The van der Waals surface area contributed by atoms with Crippen LogP contribution in [0.5, 0.6) is 11.5 Å². The zero-order valence-corrected chi connectivity index (χ0v) is 11.3. The molecule has 0 heterocycles. The molecule has 1 atom stereocenters. The Balaban J connectivity index is 3.19. The summed E-state index contributed by atoms with van der Waals surface area (Å²) in [6.07, 6.45) is 0. The number of nitrogens with zero attached hydrogens (tertiary/aromatic N) is 1. The smallest absolute Gasteiger partial charge is 0.220 e. The summed E-state index contributed by atoms with van der Waals surface area (Å²) in [4.78, 5) is 13.0. The number of rotatable bonds is 4. The molecule has 18 heavy (non-hydrogen) atoms. The van der Waals surface area contributed by atoms with E-state index in [4.69, 9.17) is 22.7 Å². The molecule has 1 rings (SSSR count). The minimum absolute atomic E-state index is 0.0202. The SMILES string of the molecule is COc1ccc(C(C(N)=S)N(C)C(C)=O)cc1O. The standard InChI is InChI=1S/C12H16N2O3S/c1-7(15)14(2)11(12(13)18)8-4-5-10(17-3)9(16)6-8/h4-6,11,16H,1-3H3,(H2,13,18). The highest BCUT2D eigenvalue weighted by molar-refractivity contribution is 7.80. The molecule has 0 aliphatic carbocycles. The zero-order valence-electron chi connectivity index (χ0n) is 10.5. The van der Waals surface area contributed by atoms with Crippen molar-refractivity contribution in [1.29, 1.82) is 0 Å². The van der Waals surface area contributed by atoms with Crippen LogP contribution in [-0.4, -0.2) is 35.1 Å². The van der Waals surface area contributed by atoms with E-state index in [2.05, 4.69) is 0 Å². The largest absolute Gasteiger partial charge is 0.504 e. The van der Waals surface area contributed by atoms with E-state index in [1.54, 1.807) is 19.2 Å². The average molecular weight is 268 g/mol. The van der Waals surface area contributed by atoms with Gasteiger partial charge in [-0.05, 0) is 17.7 Å². The van der Waals surface area contributed by atoms with Crippen LogP contribution in [0.2, 0.25) is 0 Å². The minimum Gasteiger partial charge on any atom is -0.504 e. The molecule has 0 aromatic heterocycles. The van der Waals surface area contributed by atoms with Crippen LogP contribution in [0.3, 0.4) is 0 Å². The second-order valence-electron chi connectivity index (χ2n) is 3.87. The molecule has 1 aromatic rings. The van der Waals surface area contributed by atoms with Gasteiger partial charge in [0.1, 0.15) is 11.0 Å². The van der Waals surface area contributed by atoms with Crippen molar-refractivity contribution in [3.63, 3.8) is 0 Å². The predicted octanol–water partition coefficient (Wildman–Crippen LogP) is 1.21. The number of hydrogen-bond donors (Lipinski definition) is 2. The van der Waals surface area contributed by atoms with E-state index in [9.17, 15) is 9.90 Å². The predicted molar refractivity (Wildman–Crippen MR) is 72.6 cm³/mol. The van der Waals surface area contributed by atoms with Crippen LogP contribution < -0.4 is 10.5 Å². The van der Waals surface area contributed by atoms with Crippen LogP contribution in [0.25, 0.3) is 0 Å². The minimum atomic E-state index is -0.547. The quantitative estimate of drug-likeness (QED) is 0.803. The summed E-state index contributed by atoms with van der Waals surface area (Å²) in [6, 6.07) is 4.25. The van der Waals surface area contributed by atoms with Gasteiger partial charge in [0.25, 0.3) is 0 Å². The van der Waals surface area contributed by atoms with E-state index >= 15 is 0 Å². The lowest BCUT2D eigenvalue weighted by Gasteiger charge is -2.26. The van der Waals surface area contributed by atoms with Gasteiger partial charge in [0.05, 0.1) is 7.11 Å². The van der Waals surface area contributed by atoms with Gasteiger partial charge >= 0.3 is 0 Å². The van der Waals surface area contributed by atoms with E-state index in [0.29, 0.717) is 11.3 Å². The van der Waals surface area contributed by atoms with Crippen LogP contribution in [0.1, 0.15) is 18.5 Å². The maximum absolute atomic E-state index is 11.4. The Bertz CT molecular complexity index is 476. The van der Waals surface area contributed by atoms with E-state index in [-0.39, 0.29) is 16.6 Å². The number of hydrogen-bond acceptors (Lipinski definition) is 4. The molecule has 0 saturated carbocycles. The first kappa shape index (κ1) is 14.2. The molecule has 1 amide bonds. The van der Waals surface area contributed by atoms with Crippen molar-refractivity contribution in [3.8, 4) is 11.5 Å². The summed E-state index contributed by atoms with van der Waals surface area (Å²) < 4.78 is 4.95. The van der Waals surface area contributed by atoms with E-state index in [1.807, 2.05) is 0 Å². The van der Waals surface area contributed by atoms with Crippen LogP contribution in [0.15, 0.2) is 18.2 Å². The van der Waals surface area contributed by atoms with Crippen molar-refractivity contribution in [2.75, 3.05) is 14.2 Å². The second kappa shape index (κ2) is 5.68. The highest BCUT2D eigenvalue weighted by Gasteiger charge is 2.23. The number of ether oxygens (including phenoxy) is 1. The van der Waals surface area contributed by atoms with Crippen molar-refractivity contribution in [1.82, 2.24) is 4.90 Å². The third-order valence-corrected chi connectivity index (χ3v) is 2.90. The molecule has 0 aliphatic heterocycles. The Hall–Kier alpha value is -1.82. The van der Waals surface area contributed by atoms with Crippen molar-refractivity contribution >= 4 is 23.1 Å². The van der Waals surface area contributed by atoms with Crippen molar-refractivity contribution in [2.45, 2.75) is 13.0 Å². The number of aromatic hydroxyl groups is 1. The lowest BCUT2D eigenvalue weighted by Crippen LogP contribution is -2.37. The first-order chi connectivity index (χ1) is 8.38.